The van der Waals surface area contributed by atoms with Gasteiger partial charge >= 0.3 is 0 Å². The van der Waals surface area contributed by atoms with Crippen LogP contribution < -0.4 is 18.9 Å². The first-order valence-electron chi connectivity index (χ1n) is 7.52. The van der Waals surface area contributed by atoms with Crippen molar-refractivity contribution >= 4 is 0 Å². The maximum atomic E-state index is 9.94. The van der Waals surface area contributed by atoms with Crippen molar-refractivity contribution in [1.29, 1.82) is 0 Å². The van der Waals surface area contributed by atoms with E-state index in [1.165, 1.54) is 0 Å². The summed E-state index contributed by atoms with van der Waals surface area (Å²) in [5.74, 6) is 2.60. The molecule has 0 aromatic heterocycles. The van der Waals surface area contributed by atoms with Gasteiger partial charge in [0, 0.05) is 0 Å². The summed E-state index contributed by atoms with van der Waals surface area (Å²) in [7, 11) is 3.16. The third kappa shape index (κ3) is 5.33. The highest BCUT2D eigenvalue weighted by molar-refractivity contribution is 5.31. The molecule has 0 spiro atoms. The lowest BCUT2D eigenvalue weighted by Crippen LogP contribution is -2.36. The Kier molecular flexibility index (Phi) is 6.72. The van der Waals surface area contributed by atoms with Gasteiger partial charge in [-0.2, -0.15) is 0 Å². The number of hydrogen-bond donors (Lipinski definition) is 2. The minimum absolute atomic E-state index is 0.0422. The number of aliphatic hydroxyl groups excluding tert-OH is 2. The fraction of sp³-hybridized carbons (Fsp3) is 0.333. The molecule has 130 valence electrons. The summed E-state index contributed by atoms with van der Waals surface area (Å²) in [6.45, 7) is -0.0844. The van der Waals surface area contributed by atoms with Crippen LogP contribution in [0.15, 0.2) is 48.5 Å². The topological polar surface area (TPSA) is 77.4 Å². The smallest absolute Gasteiger partial charge is 0.119 e. The SMILES string of the molecule is COc1ccc(OC[C@@H](O)[C@@H](O)COc2ccc(OC)cc2)cc1. The number of rotatable bonds is 9. The van der Waals surface area contributed by atoms with Crippen molar-refractivity contribution < 1.29 is 29.2 Å². The molecule has 24 heavy (non-hydrogen) atoms. The van der Waals surface area contributed by atoms with Gasteiger partial charge in [-0.3, -0.25) is 0 Å². The molecule has 0 radical (unpaired) electrons. The van der Waals surface area contributed by atoms with E-state index in [-0.39, 0.29) is 13.2 Å². The molecular formula is C18H22O6. The van der Waals surface area contributed by atoms with Crippen LogP contribution in [0.3, 0.4) is 0 Å². The second-order valence-corrected chi connectivity index (χ2v) is 5.11. The first-order valence-corrected chi connectivity index (χ1v) is 7.52. The van der Waals surface area contributed by atoms with E-state index in [2.05, 4.69) is 0 Å². The van der Waals surface area contributed by atoms with Gasteiger partial charge < -0.3 is 29.2 Å². The molecule has 6 heteroatoms. The summed E-state index contributed by atoms with van der Waals surface area (Å²) >= 11 is 0. The second-order valence-electron chi connectivity index (χ2n) is 5.11. The van der Waals surface area contributed by atoms with E-state index in [9.17, 15) is 10.2 Å². The zero-order valence-corrected chi connectivity index (χ0v) is 13.7. The Balaban J connectivity index is 1.75. The van der Waals surface area contributed by atoms with Crippen LogP contribution in [0.5, 0.6) is 23.0 Å². The fourth-order valence-electron chi connectivity index (χ4n) is 1.93. The standard InChI is InChI=1S/C18H22O6/c1-21-13-3-7-15(8-4-13)23-11-17(19)18(20)12-24-16-9-5-14(22-2)6-10-16/h3-10,17-20H,11-12H2,1-2H3/t17-,18+. The first-order chi connectivity index (χ1) is 11.6. The minimum atomic E-state index is -1.06. The van der Waals surface area contributed by atoms with Gasteiger partial charge in [0.05, 0.1) is 14.2 Å². The maximum absolute atomic E-state index is 9.94. The molecule has 0 fully saturated rings. The lowest BCUT2D eigenvalue weighted by atomic mass is 10.2. The van der Waals surface area contributed by atoms with Gasteiger partial charge in [-0.05, 0) is 48.5 Å². The lowest BCUT2D eigenvalue weighted by Gasteiger charge is -2.19. The van der Waals surface area contributed by atoms with Crippen molar-refractivity contribution in [2.24, 2.45) is 0 Å². The van der Waals surface area contributed by atoms with Crippen molar-refractivity contribution in [2.45, 2.75) is 12.2 Å². The predicted octanol–water partition coefficient (Wildman–Crippen LogP) is 1.88. The van der Waals surface area contributed by atoms with E-state index in [0.717, 1.165) is 11.5 Å². The van der Waals surface area contributed by atoms with Gasteiger partial charge in [0.2, 0.25) is 0 Å². The maximum Gasteiger partial charge on any atom is 0.119 e. The number of benzene rings is 2. The third-order valence-corrected chi connectivity index (χ3v) is 3.40. The lowest BCUT2D eigenvalue weighted by molar-refractivity contribution is -0.0288. The van der Waals surface area contributed by atoms with E-state index in [0.29, 0.717) is 11.5 Å². The summed E-state index contributed by atoms with van der Waals surface area (Å²) in [6, 6.07) is 13.9. The molecule has 0 heterocycles. The molecule has 0 bridgehead atoms. The van der Waals surface area contributed by atoms with E-state index < -0.39 is 12.2 Å². The first kappa shape index (κ1) is 17.9. The van der Waals surface area contributed by atoms with Gasteiger partial charge in [0.15, 0.2) is 0 Å². The molecule has 0 unspecified atom stereocenters. The van der Waals surface area contributed by atoms with Crippen LogP contribution in [0.1, 0.15) is 0 Å². The molecule has 2 aromatic carbocycles. The Morgan fingerprint density at radius 3 is 1.21 bits per heavy atom. The molecule has 2 aromatic rings. The molecule has 2 rings (SSSR count). The van der Waals surface area contributed by atoms with Gasteiger partial charge in [0.1, 0.15) is 48.4 Å². The second kappa shape index (κ2) is 9.00. The molecule has 0 saturated heterocycles. The van der Waals surface area contributed by atoms with Gasteiger partial charge in [-0.1, -0.05) is 0 Å². The highest BCUT2D eigenvalue weighted by Crippen LogP contribution is 2.18. The molecule has 0 saturated carbocycles. The fourth-order valence-corrected chi connectivity index (χ4v) is 1.93. The van der Waals surface area contributed by atoms with E-state index in [1.54, 1.807) is 62.8 Å². The number of ether oxygens (including phenoxy) is 4. The molecule has 0 aliphatic carbocycles. The summed E-state index contributed by atoms with van der Waals surface area (Å²) < 4.78 is 21.0. The van der Waals surface area contributed by atoms with Crippen LogP contribution in [0.2, 0.25) is 0 Å². The zero-order valence-electron chi connectivity index (χ0n) is 13.7. The predicted molar refractivity (Wildman–Crippen MR) is 89.0 cm³/mol. The molecule has 0 aliphatic rings. The monoisotopic (exact) mass is 334 g/mol. The van der Waals surface area contributed by atoms with Crippen molar-refractivity contribution in [1.82, 2.24) is 0 Å². The highest BCUT2D eigenvalue weighted by atomic mass is 16.5. The van der Waals surface area contributed by atoms with E-state index in [1.807, 2.05) is 0 Å². The molecule has 2 atom stereocenters. The van der Waals surface area contributed by atoms with Crippen LogP contribution in [0.25, 0.3) is 0 Å². The quantitative estimate of drug-likeness (QED) is 0.729. The van der Waals surface area contributed by atoms with Crippen molar-refractivity contribution in [3.63, 3.8) is 0 Å². The summed E-state index contributed by atoms with van der Waals surface area (Å²) in [5.41, 5.74) is 0. The number of hydrogen-bond acceptors (Lipinski definition) is 6. The highest BCUT2D eigenvalue weighted by Gasteiger charge is 2.18. The van der Waals surface area contributed by atoms with Crippen LogP contribution in [0.4, 0.5) is 0 Å². The average molecular weight is 334 g/mol. The van der Waals surface area contributed by atoms with Gasteiger partial charge in [-0.25, -0.2) is 0 Å². The summed E-state index contributed by atoms with van der Waals surface area (Å²) in [6.07, 6.45) is -2.13. The summed E-state index contributed by atoms with van der Waals surface area (Å²) in [5, 5.41) is 19.9. The molecule has 0 aliphatic heterocycles. The van der Waals surface area contributed by atoms with Crippen molar-refractivity contribution in [3.8, 4) is 23.0 Å². The molecule has 6 nitrogen and oxygen atoms in total. The van der Waals surface area contributed by atoms with Crippen LogP contribution >= 0.6 is 0 Å². The van der Waals surface area contributed by atoms with Crippen LogP contribution in [0, 0.1) is 0 Å². The molecule has 0 amide bonds. The Morgan fingerprint density at radius 1 is 0.625 bits per heavy atom. The molecular weight excluding hydrogens is 312 g/mol. The normalized spacial score (nSPS) is 13.0. The van der Waals surface area contributed by atoms with Crippen LogP contribution in [-0.2, 0) is 0 Å². The van der Waals surface area contributed by atoms with Crippen molar-refractivity contribution in [3.05, 3.63) is 48.5 Å². The average Bonchev–Trinajstić information content (AvgIpc) is 2.64. The Hall–Kier alpha value is -2.44. The van der Waals surface area contributed by atoms with E-state index >= 15 is 0 Å². The van der Waals surface area contributed by atoms with Gasteiger partial charge in [-0.15, -0.1) is 0 Å². The minimum Gasteiger partial charge on any atom is -0.497 e. The Bertz CT molecular complexity index is 540. The summed E-state index contributed by atoms with van der Waals surface area (Å²) in [4.78, 5) is 0. The van der Waals surface area contributed by atoms with Gasteiger partial charge in [0.25, 0.3) is 0 Å². The number of methoxy groups -OCH3 is 2. The zero-order chi connectivity index (χ0) is 17.4. The largest absolute Gasteiger partial charge is 0.497 e. The van der Waals surface area contributed by atoms with Crippen molar-refractivity contribution in [2.75, 3.05) is 27.4 Å². The molecule has 2 N–H and O–H groups in total. The van der Waals surface area contributed by atoms with E-state index in [4.69, 9.17) is 18.9 Å². The van der Waals surface area contributed by atoms with Crippen LogP contribution in [-0.4, -0.2) is 49.9 Å². The third-order valence-electron chi connectivity index (χ3n) is 3.40. The number of aliphatic hydroxyl groups is 2. The Morgan fingerprint density at radius 2 is 0.917 bits per heavy atom. The Labute approximate surface area is 141 Å².